The smallest absolute Gasteiger partial charge is 0.336 e. The van der Waals surface area contributed by atoms with Gasteiger partial charge in [-0.1, -0.05) is 33.6 Å². The third-order valence-electron chi connectivity index (χ3n) is 6.65. The Balaban J connectivity index is 1.72. The molecule has 2 heterocycles. The highest BCUT2D eigenvalue weighted by Crippen LogP contribution is 2.33. The number of fused-ring (bicyclic) bond motifs is 1. The van der Waals surface area contributed by atoms with E-state index in [1.54, 1.807) is 0 Å². The molecule has 7 nitrogen and oxygen atoms in total. The Labute approximate surface area is 181 Å². The third-order valence-corrected chi connectivity index (χ3v) is 6.65. The molecule has 0 N–H and O–H groups in total. The molecule has 0 radical (unpaired) electrons. The van der Waals surface area contributed by atoms with Gasteiger partial charge in [0.15, 0.2) is 0 Å². The highest BCUT2D eigenvalue weighted by Gasteiger charge is 2.49. The van der Waals surface area contributed by atoms with Crippen molar-refractivity contribution in [2.45, 2.75) is 71.9 Å². The topological polar surface area (TPSA) is 87.9 Å². The molecule has 4 rings (SSSR count). The fraction of sp³-hybridized carbons (Fsp3) is 0.500. The number of rotatable bonds is 4. The van der Waals surface area contributed by atoms with E-state index in [2.05, 4.69) is 13.8 Å². The third kappa shape index (κ3) is 3.66. The van der Waals surface area contributed by atoms with E-state index >= 15 is 0 Å². The summed E-state index contributed by atoms with van der Waals surface area (Å²) in [6.07, 6.45) is 3.64. The SMILES string of the molecule is Cc1cc2oc(=O)cc(CN3C(=O)C(=O)N([C@@H]4CCCC[C@@H]4C)C3=O)c2cc1C(C)C. The summed E-state index contributed by atoms with van der Waals surface area (Å²) in [4.78, 5) is 52.9. The van der Waals surface area contributed by atoms with Crippen molar-refractivity contribution in [3.05, 3.63) is 45.3 Å². The predicted molar refractivity (Wildman–Crippen MR) is 116 cm³/mol. The molecule has 1 saturated carbocycles. The van der Waals surface area contributed by atoms with Crippen molar-refractivity contribution in [2.75, 3.05) is 0 Å². The first-order valence-corrected chi connectivity index (χ1v) is 10.9. The predicted octanol–water partition coefficient (Wildman–Crippen LogP) is 4.09. The molecule has 0 unspecified atom stereocenters. The van der Waals surface area contributed by atoms with Crippen LogP contribution in [0.3, 0.4) is 0 Å². The zero-order chi connectivity index (χ0) is 22.4. The fourth-order valence-corrected chi connectivity index (χ4v) is 4.95. The molecular weight excluding hydrogens is 396 g/mol. The lowest BCUT2D eigenvalue weighted by Gasteiger charge is -2.34. The van der Waals surface area contributed by atoms with E-state index in [1.807, 2.05) is 26.0 Å². The summed E-state index contributed by atoms with van der Waals surface area (Å²) in [5.74, 6) is -1.19. The molecule has 2 aliphatic rings. The monoisotopic (exact) mass is 424 g/mol. The highest BCUT2D eigenvalue weighted by atomic mass is 16.4. The van der Waals surface area contributed by atoms with Gasteiger partial charge in [0.1, 0.15) is 5.58 Å². The number of benzene rings is 1. The number of nitrogens with zero attached hydrogens (tertiary/aromatic N) is 2. The molecule has 1 aliphatic heterocycles. The highest BCUT2D eigenvalue weighted by molar-refractivity contribution is 6.44. The van der Waals surface area contributed by atoms with Crippen LogP contribution in [-0.2, 0) is 16.1 Å². The minimum atomic E-state index is -0.833. The number of hydrogen-bond donors (Lipinski definition) is 0. The van der Waals surface area contributed by atoms with Gasteiger partial charge in [-0.3, -0.25) is 19.4 Å². The van der Waals surface area contributed by atoms with Crippen molar-refractivity contribution in [3.63, 3.8) is 0 Å². The Morgan fingerprint density at radius 2 is 1.74 bits per heavy atom. The Kier molecular flexibility index (Phi) is 5.45. The zero-order valence-corrected chi connectivity index (χ0v) is 18.4. The van der Waals surface area contributed by atoms with Gasteiger partial charge < -0.3 is 4.42 Å². The standard InChI is InChI=1S/C24H28N2O5/c1-13(2)17-11-18-16(10-21(27)31-20(18)9-15(17)4)12-25-22(28)23(29)26(24(25)30)19-8-6-5-7-14(19)3/h9-11,13-14,19H,5-8,12H2,1-4H3/t14-,19+/m0/s1. The van der Waals surface area contributed by atoms with Crippen molar-refractivity contribution in [1.29, 1.82) is 0 Å². The van der Waals surface area contributed by atoms with E-state index in [-0.39, 0.29) is 24.4 Å². The lowest BCUT2D eigenvalue weighted by Crippen LogP contribution is -2.46. The number of hydrogen-bond acceptors (Lipinski definition) is 5. The largest absolute Gasteiger partial charge is 0.423 e. The maximum Gasteiger partial charge on any atom is 0.336 e. The van der Waals surface area contributed by atoms with Gasteiger partial charge >= 0.3 is 23.5 Å². The number of amides is 4. The Morgan fingerprint density at radius 3 is 2.42 bits per heavy atom. The first-order chi connectivity index (χ1) is 14.7. The van der Waals surface area contributed by atoms with Gasteiger partial charge in [-0.05, 0) is 60.4 Å². The molecule has 0 bridgehead atoms. The molecule has 2 atom stereocenters. The minimum absolute atomic E-state index is 0.135. The van der Waals surface area contributed by atoms with Crippen LogP contribution in [0.5, 0.6) is 0 Å². The Bertz CT molecular complexity index is 1130. The second kappa shape index (κ2) is 7.94. The van der Waals surface area contributed by atoms with E-state index in [4.69, 9.17) is 4.42 Å². The van der Waals surface area contributed by atoms with Crippen molar-refractivity contribution < 1.29 is 18.8 Å². The second-order valence-electron chi connectivity index (χ2n) is 9.13. The summed E-state index contributed by atoms with van der Waals surface area (Å²) in [6, 6.07) is 4.21. The van der Waals surface area contributed by atoms with Gasteiger partial charge in [0.25, 0.3) is 0 Å². The Hall–Kier alpha value is -2.96. The molecule has 1 aliphatic carbocycles. The normalized spacial score (nSPS) is 22.3. The van der Waals surface area contributed by atoms with Gasteiger partial charge in [-0.2, -0.15) is 0 Å². The Morgan fingerprint density at radius 1 is 1.03 bits per heavy atom. The van der Waals surface area contributed by atoms with Gasteiger partial charge in [-0.25, -0.2) is 9.59 Å². The van der Waals surface area contributed by atoms with Crippen LogP contribution in [0.25, 0.3) is 11.0 Å². The van der Waals surface area contributed by atoms with E-state index in [0.717, 1.165) is 40.2 Å². The lowest BCUT2D eigenvalue weighted by atomic mass is 9.85. The van der Waals surface area contributed by atoms with Gasteiger partial charge in [-0.15, -0.1) is 0 Å². The van der Waals surface area contributed by atoms with Gasteiger partial charge in [0, 0.05) is 17.5 Å². The van der Waals surface area contributed by atoms with Gasteiger partial charge in [0.05, 0.1) is 6.54 Å². The van der Waals surface area contributed by atoms with E-state index in [0.29, 0.717) is 23.0 Å². The molecule has 4 amide bonds. The van der Waals surface area contributed by atoms with Crippen LogP contribution in [0, 0.1) is 12.8 Å². The average molecular weight is 424 g/mol. The van der Waals surface area contributed by atoms with E-state index in [1.165, 1.54) is 6.07 Å². The van der Waals surface area contributed by atoms with Crippen molar-refractivity contribution in [3.8, 4) is 0 Å². The van der Waals surface area contributed by atoms with Crippen molar-refractivity contribution >= 4 is 28.8 Å². The summed E-state index contributed by atoms with van der Waals surface area (Å²) in [5, 5.41) is 0.673. The number of urea groups is 1. The van der Waals surface area contributed by atoms with Crippen molar-refractivity contribution in [1.82, 2.24) is 9.80 Å². The number of imide groups is 2. The maximum atomic E-state index is 13.1. The van der Waals surface area contributed by atoms with Crippen molar-refractivity contribution in [2.24, 2.45) is 5.92 Å². The first-order valence-electron chi connectivity index (χ1n) is 10.9. The molecule has 2 aromatic rings. The number of carbonyl (C=O) groups excluding carboxylic acids is 3. The molecule has 0 spiro atoms. The van der Waals surface area contributed by atoms with Crippen LogP contribution in [0.15, 0.2) is 27.4 Å². The summed E-state index contributed by atoms with van der Waals surface area (Å²) >= 11 is 0. The van der Waals surface area contributed by atoms with Crippen LogP contribution < -0.4 is 5.63 Å². The van der Waals surface area contributed by atoms with E-state index in [9.17, 15) is 19.2 Å². The lowest BCUT2D eigenvalue weighted by molar-refractivity contribution is -0.144. The van der Waals surface area contributed by atoms with Crippen LogP contribution in [0.4, 0.5) is 4.79 Å². The minimum Gasteiger partial charge on any atom is -0.423 e. The van der Waals surface area contributed by atoms with Crippen LogP contribution >= 0.6 is 0 Å². The molecule has 7 heteroatoms. The van der Waals surface area contributed by atoms with E-state index < -0.39 is 23.5 Å². The number of aryl methyl sites for hydroxylation is 1. The second-order valence-corrected chi connectivity index (χ2v) is 9.13. The molecule has 164 valence electrons. The zero-order valence-electron chi connectivity index (χ0n) is 18.4. The average Bonchev–Trinajstić information content (AvgIpc) is 2.91. The molecular formula is C24H28N2O5. The molecule has 31 heavy (non-hydrogen) atoms. The number of carbonyl (C=O) groups is 3. The maximum absolute atomic E-state index is 13.1. The molecule has 1 saturated heterocycles. The molecule has 1 aromatic carbocycles. The van der Waals surface area contributed by atoms with Crippen LogP contribution in [0.2, 0.25) is 0 Å². The summed E-state index contributed by atoms with van der Waals surface area (Å²) in [6.45, 7) is 7.98. The quantitative estimate of drug-likeness (QED) is 0.419. The summed E-state index contributed by atoms with van der Waals surface area (Å²) < 4.78 is 5.37. The summed E-state index contributed by atoms with van der Waals surface area (Å²) in [7, 11) is 0. The van der Waals surface area contributed by atoms with Crippen LogP contribution in [-0.4, -0.2) is 33.7 Å². The molecule has 2 fully saturated rings. The van der Waals surface area contributed by atoms with Crippen LogP contribution in [0.1, 0.15) is 69.1 Å². The van der Waals surface area contributed by atoms with Gasteiger partial charge in [0.2, 0.25) is 0 Å². The molecule has 1 aromatic heterocycles. The fourth-order valence-electron chi connectivity index (χ4n) is 4.95. The first kappa shape index (κ1) is 21.3. The summed E-state index contributed by atoms with van der Waals surface area (Å²) in [5.41, 5.74) is 2.45.